The van der Waals surface area contributed by atoms with Gasteiger partial charge in [0.05, 0.1) is 24.9 Å². The van der Waals surface area contributed by atoms with Crippen molar-refractivity contribution in [2.75, 3.05) is 13.7 Å². The molecule has 0 aliphatic carbocycles. The molecule has 7 heteroatoms. The van der Waals surface area contributed by atoms with Crippen molar-refractivity contribution in [3.8, 4) is 11.5 Å². The third kappa shape index (κ3) is 3.78. The van der Waals surface area contributed by atoms with Crippen LogP contribution in [0.1, 0.15) is 27.2 Å². The van der Waals surface area contributed by atoms with Crippen LogP contribution in [0.2, 0.25) is 5.02 Å². The van der Waals surface area contributed by atoms with E-state index in [9.17, 15) is 4.79 Å². The molecule has 0 atom stereocenters. The Labute approximate surface area is 136 Å². The van der Waals surface area contributed by atoms with Crippen molar-refractivity contribution >= 4 is 41.1 Å². The number of hydrogen-bond donors (Lipinski definition) is 1. The summed E-state index contributed by atoms with van der Waals surface area (Å²) < 4.78 is 10.7. The maximum absolute atomic E-state index is 10.8. The first kappa shape index (κ1) is 16.3. The molecule has 0 fully saturated rings. The standard InChI is InChI=1S/C15H14ClNO4S/c1-3-21-14-10(16)6-9(7-11(14)20-2)4-5-13-17-8-12(22-13)15(18)19/h4-8H,3H2,1-2H3,(H,18,19)/b5-4-. The second-order valence-corrected chi connectivity index (χ2v) is 5.64. The van der Waals surface area contributed by atoms with E-state index >= 15 is 0 Å². The zero-order valence-corrected chi connectivity index (χ0v) is 13.6. The minimum atomic E-state index is -0.983. The van der Waals surface area contributed by atoms with Crippen molar-refractivity contribution in [2.45, 2.75) is 6.92 Å². The third-order valence-electron chi connectivity index (χ3n) is 2.69. The molecule has 0 spiro atoms. The van der Waals surface area contributed by atoms with Gasteiger partial charge in [0.15, 0.2) is 11.5 Å². The summed E-state index contributed by atoms with van der Waals surface area (Å²) in [7, 11) is 1.54. The van der Waals surface area contributed by atoms with Gasteiger partial charge in [0.1, 0.15) is 9.88 Å². The number of hydrogen-bond acceptors (Lipinski definition) is 5. The summed E-state index contributed by atoms with van der Waals surface area (Å²) in [6, 6.07) is 3.54. The van der Waals surface area contributed by atoms with E-state index in [1.807, 2.05) is 6.92 Å². The summed E-state index contributed by atoms with van der Waals surface area (Å²) in [5.74, 6) is 0.0634. The van der Waals surface area contributed by atoms with Gasteiger partial charge in [-0.05, 0) is 30.7 Å². The number of carboxylic acid groups (broad SMARTS) is 1. The Morgan fingerprint density at radius 1 is 1.45 bits per heavy atom. The predicted octanol–water partition coefficient (Wildman–Crippen LogP) is 4.07. The number of rotatable bonds is 6. The Balaban J connectivity index is 2.26. The van der Waals surface area contributed by atoms with Crippen molar-refractivity contribution in [2.24, 2.45) is 0 Å². The zero-order chi connectivity index (χ0) is 16.1. The lowest BCUT2D eigenvalue weighted by Gasteiger charge is -2.11. The van der Waals surface area contributed by atoms with Crippen LogP contribution < -0.4 is 9.47 Å². The van der Waals surface area contributed by atoms with Gasteiger partial charge in [0.25, 0.3) is 0 Å². The second-order valence-electron chi connectivity index (χ2n) is 4.17. The van der Waals surface area contributed by atoms with Gasteiger partial charge in [-0.3, -0.25) is 0 Å². The Bertz CT molecular complexity index is 712. The van der Waals surface area contributed by atoms with E-state index in [2.05, 4.69) is 4.98 Å². The van der Waals surface area contributed by atoms with Crippen LogP contribution in [-0.2, 0) is 0 Å². The van der Waals surface area contributed by atoms with Crippen LogP contribution >= 0.6 is 22.9 Å². The molecule has 0 unspecified atom stereocenters. The monoisotopic (exact) mass is 339 g/mol. The van der Waals surface area contributed by atoms with Gasteiger partial charge < -0.3 is 14.6 Å². The van der Waals surface area contributed by atoms with E-state index in [1.54, 1.807) is 31.4 Å². The van der Waals surface area contributed by atoms with E-state index < -0.39 is 5.97 Å². The number of nitrogens with zero attached hydrogens (tertiary/aromatic N) is 1. The van der Waals surface area contributed by atoms with Crippen LogP contribution in [0.4, 0.5) is 0 Å². The summed E-state index contributed by atoms with van der Waals surface area (Å²) in [4.78, 5) is 15.0. The van der Waals surface area contributed by atoms with Gasteiger partial charge in [-0.1, -0.05) is 17.7 Å². The van der Waals surface area contributed by atoms with E-state index in [0.29, 0.717) is 28.1 Å². The maximum Gasteiger partial charge on any atom is 0.347 e. The molecule has 0 saturated carbocycles. The predicted molar refractivity (Wildman–Crippen MR) is 87.2 cm³/mol. The lowest BCUT2D eigenvalue weighted by atomic mass is 10.2. The topological polar surface area (TPSA) is 68.7 Å². The number of thiazole rings is 1. The molecular formula is C15H14ClNO4S. The molecule has 1 aromatic carbocycles. The summed E-state index contributed by atoms with van der Waals surface area (Å²) in [6.45, 7) is 2.36. The fourth-order valence-corrected chi connectivity index (χ4v) is 2.68. The highest BCUT2D eigenvalue weighted by Crippen LogP contribution is 2.36. The molecule has 1 aromatic heterocycles. The fraction of sp³-hybridized carbons (Fsp3) is 0.200. The number of carboxylic acids is 1. The number of ether oxygens (including phenoxy) is 2. The minimum absolute atomic E-state index is 0.196. The molecule has 2 aromatic rings. The van der Waals surface area contributed by atoms with Crippen LogP contribution in [0.15, 0.2) is 18.3 Å². The van der Waals surface area contributed by atoms with Gasteiger partial charge >= 0.3 is 5.97 Å². The average Bonchev–Trinajstić information content (AvgIpc) is 2.96. The Morgan fingerprint density at radius 3 is 2.82 bits per heavy atom. The zero-order valence-electron chi connectivity index (χ0n) is 12.0. The van der Waals surface area contributed by atoms with E-state index in [-0.39, 0.29) is 4.88 Å². The number of halogens is 1. The second kappa shape index (κ2) is 7.29. The fourth-order valence-electron chi connectivity index (χ4n) is 1.75. The van der Waals surface area contributed by atoms with Crippen molar-refractivity contribution < 1.29 is 19.4 Å². The van der Waals surface area contributed by atoms with E-state index in [4.69, 9.17) is 26.2 Å². The van der Waals surface area contributed by atoms with Crippen molar-refractivity contribution in [1.29, 1.82) is 0 Å². The molecule has 0 aliphatic rings. The van der Waals surface area contributed by atoms with Crippen LogP contribution in [0.5, 0.6) is 11.5 Å². The van der Waals surface area contributed by atoms with Crippen molar-refractivity contribution in [1.82, 2.24) is 4.98 Å². The highest BCUT2D eigenvalue weighted by atomic mass is 35.5. The number of aromatic nitrogens is 1. The molecule has 0 bridgehead atoms. The van der Waals surface area contributed by atoms with Gasteiger partial charge in [0, 0.05) is 0 Å². The lowest BCUT2D eigenvalue weighted by molar-refractivity contribution is 0.0702. The largest absolute Gasteiger partial charge is 0.493 e. The summed E-state index contributed by atoms with van der Waals surface area (Å²) in [5, 5.41) is 9.92. The van der Waals surface area contributed by atoms with E-state index in [0.717, 1.165) is 16.9 Å². The van der Waals surface area contributed by atoms with Gasteiger partial charge in [-0.2, -0.15) is 0 Å². The molecule has 116 valence electrons. The molecule has 2 rings (SSSR count). The SMILES string of the molecule is CCOc1c(Cl)cc(/C=C\c2ncc(C(=O)O)s2)cc1OC. The first-order valence-electron chi connectivity index (χ1n) is 6.42. The lowest BCUT2D eigenvalue weighted by Crippen LogP contribution is -1.96. The number of carbonyl (C=O) groups is 1. The number of benzene rings is 1. The van der Waals surface area contributed by atoms with Crippen LogP contribution in [0, 0.1) is 0 Å². The van der Waals surface area contributed by atoms with Crippen molar-refractivity contribution in [3.63, 3.8) is 0 Å². The molecule has 1 heterocycles. The average molecular weight is 340 g/mol. The molecule has 0 radical (unpaired) electrons. The molecule has 1 N–H and O–H groups in total. The Kier molecular flexibility index (Phi) is 5.41. The Morgan fingerprint density at radius 2 is 2.23 bits per heavy atom. The van der Waals surface area contributed by atoms with Gasteiger partial charge in [-0.15, -0.1) is 11.3 Å². The summed E-state index contributed by atoms with van der Waals surface area (Å²) >= 11 is 7.29. The van der Waals surface area contributed by atoms with Crippen molar-refractivity contribution in [3.05, 3.63) is 38.8 Å². The number of methoxy groups -OCH3 is 1. The van der Waals surface area contributed by atoms with Crippen LogP contribution in [0.3, 0.4) is 0 Å². The summed E-state index contributed by atoms with van der Waals surface area (Å²) in [6.07, 6.45) is 4.84. The first-order chi connectivity index (χ1) is 10.5. The van der Waals surface area contributed by atoms with Crippen LogP contribution in [0.25, 0.3) is 12.2 Å². The molecule has 0 saturated heterocycles. The highest BCUT2D eigenvalue weighted by molar-refractivity contribution is 7.14. The van der Waals surface area contributed by atoms with Crippen LogP contribution in [-0.4, -0.2) is 29.8 Å². The minimum Gasteiger partial charge on any atom is -0.493 e. The quantitative estimate of drug-likeness (QED) is 0.859. The smallest absolute Gasteiger partial charge is 0.347 e. The summed E-state index contributed by atoms with van der Waals surface area (Å²) in [5.41, 5.74) is 0.803. The molecule has 22 heavy (non-hydrogen) atoms. The molecule has 0 aliphatic heterocycles. The van der Waals surface area contributed by atoms with Gasteiger partial charge in [-0.25, -0.2) is 9.78 Å². The number of aromatic carboxylic acids is 1. The highest BCUT2D eigenvalue weighted by Gasteiger charge is 2.11. The Hall–Kier alpha value is -2.05. The molecular weight excluding hydrogens is 326 g/mol. The molecule has 5 nitrogen and oxygen atoms in total. The first-order valence-corrected chi connectivity index (χ1v) is 7.62. The third-order valence-corrected chi connectivity index (χ3v) is 3.92. The normalized spacial score (nSPS) is 10.9. The van der Waals surface area contributed by atoms with Gasteiger partial charge in [0.2, 0.25) is 0 Å². The molecule has 0 amide bonds. The maximum atomic E-state index is 10.8. The van der Waals surface area contributed by atoms with E-state index in [1.165, 1.54) is 6.20 Å².